The van der Waals surface area contributed by atoms with E-state index in [-0.39, 0.29) is 12.5 Å². The van der Waals surface area contributed by atoms with Crippen molar-refractivity contribution in [3.05, 3.63) is 0 Å². The summed E-state index contributed by atoms with van der Waals surface area (Å²) < 4.78 is 5.59. The first kappa shape index (κ1) is 16.4. The number of carbonyl (C=O) groups is 1. The third-order valence-corrected chi connectivity index (χ3v) is 3.83. The second-order valence-electron chi connectivity index (χ2n) is 5.08. The van der Waals surface area contributed by atoms with Crippen LogP contribution in [0.1, 0.15) is 33.1 Å². The number of aliphatic carboxylic acids is 1. The minimum Gasteiger partial charge on any atom is -0.481 e. The number of nitrogens with zero attached hydrogens (tertiary/aromatic N) is 2. The van der Waals surface area contributed by atoms with Crippen molar-refractivity contribution in [1.82, 2.24) is 9.80 Å². The Morgan fingerprint density at radius 3 is 2.47 bits per heavy atom. The van der Waals surface area contributed by atoms with Crippen LogP contribution in [0.3, 0.4) is 0 Å². The molecule has 0 amide bonds. The lowest BCUT2D eigenvalue weighted by atomic mass is 10.1. The van der Waals surface area contributed by atoms with Gasteiger partial charge in [0.05, 0.1) is 19.1 Å². The highest BCUT2D eigenvalue weighted by molar-refractivity contribution is 5.66. The van der Waals surface area contributed by atoms with E-state index in [0.717, 1.165) is 52.1 Å². The van der Waals surface area contributed by atoms with E-state index in [1.807, 2.05) is 0 Å². The molecule has 0 aliphatic carbocycles. The maximum atomic E-state index is 10.4. The van der Waals surface area contributed by atoms with Crippen LogP contribution in [0.15, 0.2) is 0 Å². The van der Waals surface area contributed by atoms with Crippen LogP contribution >= 0.6 is 0 Å². The highest BCUT2D eigenvalue weighted by atomic mass is 16.5. The Hall–Kier alpha value is -0.650. The number of rotatable bonds is 9. The molecule has 5 nitrogen and oxygen atoms in total. The van der Waals surface area contributed by atoms with Crippen molar-refractivity contribution >= 4 is 5.97 Å². The lowest BCUT2D eigenvalue weighted by Crippen LogP contribution is -2.41. The smallest absolute Gasteiger partial charge is 0.305 e. The van der Waals surface area contributed by atoms with Gasteiger partial charge in [-0.15, -0.1) is 0 Å². The van der Waals surface area contributed by atoms with Gasteiger partial charge in [-0.1, -0.05) is 13.8 Å². The summed E-state index contributed by atoms with van der Waals surface area (Å²) in [7, 11) is 0. The highest BCUT2D eigenvalue weighted by Crippen LogP contribution is 2.13. The zero-order valence-corrected chi connectivity index (χ0v) is 12.3. The molecule has 0 radical (unpaired) electrons. The van der Waals surface area contributed by atoms with Crippen LogP contribution in [0.2, 0.25) is 0 Å². The number of hydrogen-bond donors (Lipinski definition) is 1. The number of ether oxygens (including phenoxy) is 1. The normalized spacial score (nSPS) is 18.1. The van der Waals surface area contributed by atoms with Crippen molar-refractivity contribution in [2.45, 2.75) is 39.2 Å². The van der Waals surface area contributed by atoms with Crippen molar-refractivity contribution in [2.24, 2.45) is 0 Å². The fourth-order valence-corrected chi connectivity index (χ4v) is 2.44. The Morgan fingerprint density at radius 1 is 1.32 bits per heavy atom. The van der Waals surface area contributed by atoms with E-state index >= 15 is 0 Å². The molecule has 0 spiro atoms. The Balaban J connectivity index is 2.09. The fraction of sp³-hybridized carbons (Fsp3) is 0.929. The lowest BCUT2D eigenvalue weighted by Gasteiger charge is -2.33. The first-order chi connectivity index (χ1) is 9.15. The van der Waals surface area contributed by atoms with Crippen LogP contribution < -0.4 is 0 Å². The zero-order valence-electron chi connectivity index (χ0n) is 12.3. The van der Waals surface area contributed by atoms with Gasteiger partial charge < -0.3 is 19.6 Å². The second-order valence-corrected chi connectivity index (χ2v) is 5.08. The summed E-state index contributed by atoms with van der Waals surface area (Å²) in [4.78, 5) is 15.3. The van der Waals surface area contributed by atoms with Gasteiger partial charge in [0, 0.05) is 26.2 Å². The molecule has 0 atom stereocenters. The summed E-state index contributed by atoms with van der Waals surface area (Å²) in [5, 5.41) is 8.56. The van der Waals surface area contributed by atoms with Crippen molar-refractivity contribution in [2.75, 3.05) is 45.9 Å². The molecule has 0 aromatic rings. The predicted octanol–water partition coefficient (Wildman–Crippen LogP) is 1.28. The molecule has 19 heavy (non-hydrogen) atoms. The molecule has 0 saturated carbocycles. The van der Waals surface area contributed by atoms with Crippen molar-refractivity contribution in [3.63, 3.8) is 0 Å². The van der Waals surface area contributed by atoms with E-state index in [2.05, 4.69) is 23.6 Å². The van der Waals surface area contributed by atoms with E-state index in [1.54, 1.807) is 0 Å². The van der Waals surface area contributed by atoms with Gasteiger partial charge in [-0.2, -0.15) is 0 Å². The maximum Gasteiger partial charge on any atom is 0.305 e. The number of hydrogen-bond acceptors (Lipinski definition) is 4. The molecule has 1 fully saturated rings. The largest absolute Gasteiger partial charge is 0.481 e. The lowest BCUT2D eigenvalue weighted by molar-refractivity contribution is -0.138. The minimum absolute atomic E-state index is 0.113. The predicted molar refractivity (Wildman–Crippen MR) is 75.5 cm³/mol. The average molecular weight is 272 g/mol. The van der Waals surface area contributed by atoms with Crippen LogP contribution in [0.25, 0.3) is 0 Å². The summed E-state index contributed by atoms with van der Waals surface area (Å²) >= 11 is 0. The van der Waals surface area contributed by atoms with E-state index in [4.69, 9.17) is 9.84 Å². The standard InChI is InChI=1S/C14H28N2O3/c1-3-15(4-2)10-11-16-8-5-13(6-9-16)19-12-7-14(17)18/h13H,3-12H2,1-2H3,(H,17,18). The van der Waals surface area contributed by atoms with Gasteiger partial charge in [-0.05, 0) is 25.9 Å². The van der Waals surface area contributed by atoms with Crippen LogP contribution in [0.4, 0.5) is 0 Å². The fourth-order valence-electron chi connectivity index (χ4n) is 2.44. The van der Waals surface area contributed by atoms with Gasteiger partial charge in [0.2, 0.25) is 0 Å². The van der Waals surface area contributed by atoms with Gasteiger partial charge >= 0.3 is 5.97 Å². The van der Waals surface area contributed by atoms with Crippen molar-refractivity contribution < 1.29 is 14.6 Å². The molecule has 0 aromatic heterocycles. The molecule has 1 rings (SSSR count). The Morgan fingerprint density at radius 2 is 1.95 bits per heavy atom. The number of carboxylic acids is 1. The van der Waals surface area contributed by atoms with E-state index < -0.39 is 5.97 Å². The third kappa shape index (κ3) is 6.89. The molecule has 1 saturated heterocycles. The highest BCUT2D eigenvalue weighted by Gasteiger charge is 2.19. The monoisotopic (exact) mass is 272 g/mol. The second kappa shape index (κ2) is 9.28. The van der Waals surface area contributed by atoms with E-state index in [1.165, 1.54) is 0 Å². The summed E-state index contributed by atoms with van der Waals surface area (Å²) in [6.45, 7) is 11.4. The Kier molecular flexibility index (Phi) is 8.02. The summed E-state index contributed by atoms with van der Waals surface area (Å²) in [5.41, 5.74) is 0. The van der Waals surface area contributed by atoms with Gasteiger partial charge in [0.15, 0.2) is 0 Å². The van der Waals surface area contributed by atoms with Gasteiger partial charge in [0.1, 0.15) is 0 Å². The topological polar surface area (TPSA) is 53.0 Å². The van der Waals surface area contributed by atoms with Crippen molar-refractivity contribution in [3.8, 4) is 0 Å². The molecular weight excluding hydrogens is 244 g/mol. The van der Waals surface area contributed by atoms with Gasteiger partial charge in [-0.3, -0.25) is 4.79 Å². The van der Waals surface area contributed by atoms with E-state index in [9.17, 15) is 4.79 Å². The molecule has 1 aliphatic rings. The molecule has 1 heterocycles. The molecule has 0 bridgehead atoms. The van der Waals surface area contributed by atoms with Crippen LogP contribution in [0, 0.1) is 0 Å². The summed E-state index contributed by atoms with van der Waals surface area (Å²) in [6, 6.07) is 0. The number of likely N-dealkylation sites (tertiary alicyclic amines) is 1. The van der Waals surface area contributed by atoms with Gasteiger partial charge in [0.25, 0.3) is 0 Å². The summed E-state index contributed by atoms with van der Waals surface area (Å²) in [5.74, 6) is -0.781. The third-order valence-electron chi connectivity index (χ3n) is 3.83. The van der Waals surface area contributed by atoms with Crippen LogP contribution in [0.5, 0.6) is 0 Å². The molecule has 1 N–H and O–H groups in total. The maximum absolute atomic E-state index is 10.4. The molecule has 0 unspecified atom stereocenters. The molecule has 112 valence electrons. The summed E-state index contributed by atoms with van der Waals surface area (Å²) in [6.07, 6.45) is 2.42. The molecule has 1 aliphatic heterocycles. The van der Waals surface area contributed by atoms with Crippen LogP contribution in [-0.2, 0) is 9.53 Å². The minimum atomic E-state index is -0.781. The van der Waals surface area contributed by atoms with E-state index in [0.29, 0.717) is 6.61 Å². The molecule has 5 heteroatoms. The van der Waals surface area contributed by atoms with Crippen molar-refractivity contribution in [1.29, 1.82) is 0 Å². The first-order valence-electron chi connectivity index (χ1n) is 7.43. The van der Waals surface area contributed by atoms with Gasteiger partial charge in [-0.25, -0.2) is 0 Å². The quantitative estimate of drug-likeness (QED) is 0.685. The number of likely N-dealkylation sites (N-methyl/N-ethyl adjacent to an activating group) is 1. The Bertz CT molecular complexity index is 249. The Labute approximate surface area is 116 Å². The molecule has 0 aromatic carbocycles. The SMILES string of the molecule is CCN(CC)CCN1CCC(OCCC(=O)O)CC1. The molecular formula is C14H28N2O3. The number of carboxylic acid groups (broad SMARTS) is 1. The average Bonchev–Trinajstić information content (AvgIpc) is 2.41. The zero-order chi connectivity index (χ0) is 14.1. The number of piperidine rings is 1. The first-order valence-corrected chi connectivity index (χ1v) is 7.43. The van der Waals surface area contributed by atoms with Crippen LogP contribution in [-0.4, -0.2) is 72.9 Å².